The van der Waals surface area contributed by atoms with Crippen LogP contribution < -0.4 is 10.1 Å². The lowest BCUT2D eigenvalue weighted by Gasteiger charge is -2.07. The van der Waals surface area contributed by atoms with E-state index in [-0.39, 0.29) is 0 Å². The number of hydrogen-bond donors (Lipinski definition) is 1. The number of aromatic nitrogens is 3. The highest BCUT2D eigenvalue weighted by molar-refractivity contribution is 5.37. The summed E-state index contributed by atoms with van der Waals surface area (Å²) in [7, 11) is 1.66. The molecule has 1 heterocycles. The van der Waals surface area contributed by atoms with Crippen molar-refractivity contribution in [2.24, 2.45) is 0 Å². The third-order valence-corrected chi connectivity index (χ3v) is 2.67. The minimum atomic E-state index is 0.771. The Morgan fingerprint density at radius 3 is 2.72 bits per heavy atom. The minimum Gasteiger partial charge on any atom is -0.497 e. The number of hydrogen-bond acceptors (Lipinski definition) is 4. The zero-order valence-corrected chi connectivity index (χ0v) is 10.8. The smallest absolute Gasteiger partial charge is 0.119 e. The summed E-state index contributed by atoms with van der Waals surface area (Å²) in [6.45, 7) is 3.91. The van der Waals surface area contributed by atoms with Crippen molar-refractivity contribution < 1.29 is 4.74 Å². The summed E-state index contributed by atoms with van der Waals surface area (Å²) in [5, 5.41) is 11.4. The quantitative estimate of drug-likeness (QED) is 0.789. The molecule has 0 amide bonds. The molecule has 0 aliphatic carbocycles. The van der Waals surface area contributed by atoms with E-state index in [1.807, 2.05) is 28.9 Å². The van der Waals surface area contributed by atoms with Crippen LogP contribution in [0.15, 0.2) is 30.5 Å². The zero-order valence-electron chi connectivity index (χ0n) is 10.8. The molecule has 5 nitrogen and oxygen atoms in total. The Bertz CT molecular complexity index is 478. The summed E-state index contributed by atoms with van der Waals surface area (Å²) in [6.07, 6.45) is 2.90. The molecule has 0 saturated heterocycles. The van der Waals surface area contributed by atoms with Crippen molar-refractivity contribution in [3.63, 3.8) is 0 Å². The van der Waals surface area contributed by atoms with Crippen LogP contribution in [0, 0.1) is 0 Å². The molecule has 0 aliphatic rings. The van der Waals surface area contributed by atoms with Gasteiger partial charge in [-0.1, -0.05) is 12.1 Å². The maximum atomic E-state index is 5.14. The first-order valence-electron chi connectivity index (χ1n) is 6.10. The van der Waals surface area contributed by atoms with E-state index in [4.69, 9.17) is 4.74 Å². The van der Waals surface area contributed by atoms with Gasteiger partial charge in [0.2, 0.25) is 0 Å². The van der Waals surface area contributed by atoms with Crippen LogP contribution in [0.25, 0.3) is 5.69 Å². The number of nitrogens with zero attached hydrogens (tertiary/aromatic N) is 3. The van der Waals surface area contributed by atoms with Gasteiger partial charge in [-0.15, -0.1) is 5.10 Å². The fourth-order valence-corrected chi connectivity index (χ4v) is 1.71. The summed E-state index contributed by atoms with van der Waals surface area (Å²) in [6, 6.07) is 7.77. The van der Waals surface area contributed by atoms with Crippen molar-refractivity contribution in [3.05, 3.63) is 36.2 Å². The van der Waals surface area contributed by atoms with Gasteiger partial charge in [-0.3, -0.25) is 0 Å². The molecule has 2 aromatic rings. The number of ether oxygens (including phenoxy) is 1. The predicted molar refractivity (Wildman–Crippen MR) is 69.9 cm³/mol. The van der Waals surface area contributed by atoms with Gasteiger partial charge in [0, 0.05) is 6.54 Å². The van der Waals surface area contributed by atoms with Gasteiger partial charge in [0.15, 0.2) is 0 Å². The Morgan fingerprint density at radius 1 is 1.28 bits per heavy atom. The maximum absolute atomic E-state index is 5.14. The number of methoxy groups -OCH3 is 1. The Labute approximate surface area is 107 Å². The molecule has 0 unspecified atom stereocenters. The molecule has 0 spiro atoms. The average Bonchev–Trinajstić information content (AvgIpc) is 2.88. The average molecular weight is 246 g/mol. The second kappa shape index (κ2) is 6.16. The van der Waals surface area contributed by atoms with Crippen molar-refractivity contribution in [2.45, 2.75) is 19.9 Å². The lowest BCUT2D eigenvalue weighted by Crippen LogP contribution is -2.16. The molecule has 1 N–H and O–H groups in total. The number of nitrogens with one attached hydrogen (secondary N) is 1. The van der Waals surface area contributed by atoms with Crippen LogP contribution >= 0.6 is 0 Å². The lowest BCUT2D eigenvalue weighted by atomic mass is 10.3. The summed E-state index contributed by atoms with van der Waals surface area (Å²) in [4.78, 5) is 0. The first-order chi connectivity index (χ1) is 8.85. The van der Waals surface area contributed by atoms with Crippen LogP contribution in [0.3, 0.4) is 0 Å². The van der Waals surface area contributed by atoms with E-state index < -0.39 is 0 Å². The van der Waals surface area contributed by atoms with E-state index in [2.05, 4.69) is 22.6 Å². The molecule has 18 heavy (non-hydrogen) atoms. The molecule has 0 saturated carbocycles. The summed E-state index contributed by atoms with van der Waals surface area (Å²) in [5.74, 6) is 0.838. The number of rotatable bonds is 6. The van der Waals surface area contributed by atoms with Crippen molar-refractivity contribution in [1.82, 2.24) is 20.3 Å². The summed E-state index contributed by atoms with van der Waals surface area (Å²) in [5.41, 5.74) is 2.04. The molecular formula is C13H18N4O. The molecule has 0 fully saturated rings. The van der Waals surface area contributed by atoms with Gasteiger partial charge in [-0.05, 0) is 37.2 Å². The van der Waals surface area contributed by atoms with Crippen molar-refractivity contribution in [1.29, 1.82) is 0 Å². The second-order valence-corrected chi connectivity index (χ2v) is 4.01. The number of benzene rings is 1. The summed E-state index contributed by atoms with van der Waals surface area (Å²) >= 11 is 0. The van der Waals surface area contributed by atoms with Crippen molar-refractivity contribution in [3.8, 4) is 11.4 Å². The van der Waals surface area contributed by atoms with E-state index in [9.17, 15) is 0 Å². The summed E-state index contributed by atoms with van der Waals surface area (Å²) < 4.78 is 6.97. The van der Waals surface area contributed by atoms with Gasteiger partial charge in [0.05, 0.1) is 24.7 Å². The highest BCUT2D eigenvalue weighted by Gasteiger charge is 2.05. The largest absolute Gasteiger partial charge is 0.497 e. The van der Waals surface area contributed by atoms with E-state index in [1.165, 1.54) is 0 Å². The molecule has 96 valence electrons. The van der Waals surface area contributed by atoms with Crippen LogP contribution in [0.5, 0.6) is 5.75 Å². The van der Waals surface area contributed by atoms with Gasteiger partial charge in [0.1, 0.15) is 5.75 Å². The first-order valence-corrected chi connectivity index (χ1v) is 6.10. The molecule has 5 heteroatoms. The van der Waals surface area contributed by atoms with Crippen molar-refractivity contribution >= 4 is 0 Å². The molecule has 0 bridgehead atoms. The Morgan fingerprint density at radius 2 is 2.06 bits per heavy atom. The van der Waals surface area contributed by atoms with E-state index in [0.717, 1.165) is 36.6 Å². The van der Waals surface area contributed by atoms with Gasteiger partial charge in [0.25, 0.3) is 0 Å². The Balaban J connectivity index is 2.14. The normalized spacial score (nSPS) is 10.6. The van der Waals surface area contributed by atoms with Crippen molar-refractivity contribution in [2.75, 3.05) is 13.7 Å². The minimum absolute atomic E-state index is 0.771. The molecule has 0 aliphatic heterocycles. The van der Waals surface area contributed by atoms with Gasteiger partial charge >= 0.3 is 0 Å². The second-order valence-electron chi connectivity index (χ2n) is 4.01. The van der Waals surface area contributed by atoms with Crippen LogP contribution in [0.4, 0.5) is 0 Å². The third-order valence-electron chi connectivity index (χ3n) is 2.67. The molecule has 1 aromatic heterocycles. The van der Waals surface area contributed by atoms with Gasteiger partial charge in [-0.2, -0.15) is 0 Å². The Kier molecular flexibility index (Phi) is 4.30. The van der Waals surface area contributed by atoms with Crippen LogP contribution in [0.2, 0.25) is 0 Å². The van der Waals surface area contributed by atoms with Gasteiger partial charge < -0.3 is 10.1 Å². The molecule has 0 atom stereocenters. The van der Waals surface area contributed by atoms with E-state index in [1.54, 1.807) is 13.3 Å². The topological polar surface area (TPSA) is 52.0 Å². The lowest BCUT2D eigenvalue weighted by molar-refractivity contribution is 0.414. The molecule has 0 radical (unpaired) electrons. The van der Waals surface area contributed by atoms with Crippen LogP contribution in [-0.4, -0.2) is 28.6 Å². The maximum Gasteiger partial charge on any atom is 0.119 e. The molecule has 2 rings (SSSR count). The SMILES string of the molecule is CCCNCc1cnnn1-c1ccc(OC)cc1. The van der Waals surface area contributed by atoms with E-state index >= 15 is 0 Å². The fraction of sp³-hybridized carbons (Fsp3) is 0.385. The van der Waals surface area contributed by atoms with Gasteiger partial charge in [-0.25, -0.2) is 4.68 Å². The van der Waals surface area contributed by atoms with Crippen LogP contribution in [0.1, 0.15) is 19.0 Å². The fourth-order valence-electron chi connectivity index (χ4n) is 1.71. The molecular weight excluding hydrogens is 228 g/mol. The van der Waals surface area contributed by atoms with Crippen LogP contribution in [-0.2, 0) is 6.54 Å². The zero-order chi connectivity index (χ0) is 12.8. The monoisotopic (exact) mass is 246 g/mol. The third kappa shape index (κ3) is 2.87. The van der Waals surface area contributed by atoms with E-state index in [0.29, 0.717) is 0 Å². The Hall–Kier alpha value is -1.88. The standard InChI is InChI=1S/C13H18N4O/c1-3-8-14-9-12-10-15-16-17(12)11-4-6-13(18-2)7-5-11/h4-7,10,14H,3,8-9H2,1-2H3. The molecule has 1 aromatic carbocycles. The predicted octanol–water partition coefficient (Wildman–Crippen LogP) is 1.78. The first kappa shape index (κ1) is 12.6. The highest BCUT2D eigenvalue weighted by Crippen LogP contribution is 2.15. The highest BCUT2D eigenvalue weighted by atomic mass is 16.5.